The molecule has 196 valence electrons. The van der Waals surface area contributed by atoms with E-state index in [-0.39, 0.29) is 36.1 Å². The monoisotopic (exact) mass is 541 g/mol. The Morgan fingerprint density at radius 3 is 2.27 bits per heavy atom. The van der Waals surface area contributed by atoms with Crippen molar-refractivity contribution >= 4 is 44.9 Å². The molecule has 3 aromatic carbocycles. The highest BCUT2D eigenvalue weighted by Gasteiger charge is 2.57. The number of benzene rings is 3. The summed E-state index contributed by atoms with van der Waals surface area (Å²) in [4.78, 5) is 15.6. The van der Waals surface area contributed by atoms with Gasteiger partial charge in [-0.05, 0) is 60.0 Å². The van der Waals surface area contributed by atoms with Crippen LogP contribution >= 0.6 is 12.4 Å². The highest BCUT2D eigenvalue weighted by molar-refractivity contribution is 7.89. The SMILES string of the molecule is Cl.N=C(N)C1c2ccccc2CC(CN2CCCCC2)(C(N)=O)N1S(=O)(=O)c1ccc2ccccc2c1. The van der Waals surface area contributed by atoms with Crippen LogP contribution in [0.4, 0.5) is 0 Å². The summed E-state index contributed by atoms with van der Waals surface area (Å²) >= 11 is 0. The van der Waals surface area contributed by atoms with Crippen molar-refractivity contribution in [2.75, 3.05) is 19.6 Å². The van der Waals surface area contributed by atoms with E-state index in [2.05, 4.69) is 4.90 Å². The minimum atomic E-state index is -4.31. The number of piperidine rings is 1. The first kappa shape index (κ1) is 27.1. The molecule has 2 unspecified atom stereocenters. The van der Waals surface area contributed by atoms with Gasteiger partial charge in [-0.3, -0.25) is 10.2 Å². The molecule has 0 spiro atoms. The third-order valence-corrected chi connectivity index (χ3v) is 9.38. The Morgan fingerprint density at radius 2 is 1.59 bits per heavy atom. The van der Waals surface area contributed by atoms with Gasteiger partial charge in [0.05, 0.1) is 4.90 Å². The lowest BCUT2D eigenvalue weighted by Crippen LogP contribution is -2.69. The second-order valence-electron chi connectivity index (χ2n) is 9.78. The standard InChI is InChI=1S/C27H31N5O3S.ClH/c28-25(29)24-23-11-5-4-10-21(23)17-27(26(30)33,18-31-14-6-1-7-15-31)32(24)36(34,35)22-13-12-19-8-2-3-9-20(19)16-22;/h2-5,8-13,16,24H,1,6-7,14-15,17-18H2,(H3,28,29)(H2,30,33);1H. The summed E-state index contributed by atoms with van der Waals surface area (Å²) in [7, 11) is -4.31. The third kappa shape index (κ3) is 4.72. The number of nitrogens with one attached hydrogen (secondary N) is 1. The van der Waals surface area contributed by atoms with Crippen molar-refractivity contribution in [2.45, 2.75) is 42.2 Å². The van der Waals surface area contributed by atoms with E-state index in [1.807, 2.05) is 36.4 Å². The zero-order chi connectivity index (χ0) is 25.5. The fourth-order valence-corrected chi connectivity index (χ4v) is 7.64. The number of carbonyl (C=O) groups is 1. The number of nitrogens with two attached hydrogens (primary N) is 2. The van der Waals surface area contributed by atoms with Crippen molar-refractivity contribution in [1.82, 2.24) is 9.21 Å². The van der Waals surface area contributed by atoms with Crippen LogP contribution in [0.25, 0.3) is 10.8 Å². The predicted molar refractivity (Wildman–Crippen MR) is 147 cm³/mol. The topological polar surface area (TPSA) is 134 Å². The Balaban J connectivity index is 0.00000320. The smallest absolute Gasteiger partial charge is 0.245 e. The van der Waals surface area contributed by atoms with Gasteiger partial charge < -0.3 is 16.4 Å². The molecule has 2 aliphatic heterocycles. The van der Waals surface area contributed by atoms with Crippen molar-refractivity contribution in [3.05, 3.63) is 77.9 Å². The fraction of sp³-hybridized carbons (Fsp3) is 0.333. The highest BCUT2D eigenvalue weighted by Crippen LogP contribution is 2.44. The summed E-state index contributed by atoms with van der Waals surface area (Å²) in [5, 5.41) is 10.1. The van der Waals surface area contributed by atoms with Crippen LogP contribution in [-0.4, -0.2) is 54.5 Å². The molecule has 0 saturated carbocycles. The van der Waals surface area contributed by atoms with Crippen LogP contribution in [0.1, 0.15) is 36.4 Å². The second-order valence-corrected chi connectivity index (χ2v) is 11.6. The molecular formula is C27H32ClN5O3S. The number of amides is 1. The van der Waals surface area contributed by atoms with Crippen LogP contribution in [0.5, 0.6) is 0 Å². The maximum Gasteiger partial charge on any atom is 0.245 e. The Bertz CT molecular complexity index is 1440. The maximum absolute atomic E-state index is 14.5. The lowest BCUT2D eigenvalue weighted by atomic mass is 9.79. The second kappa shape index (κ2) is 10.4. The Labute approximate surface area is 223 Å². The largest absolute Gasteiger partial charge is 0.386 e. The maximum atomic E-state index is 14.5. The number of sulfonamides is 1. The molecule has 2 aliphatic rings. The molecule has 5 rings (SSSR count). The summed E-state index contributed by atoms with van der Waals surface area (Å²) < 4.78 is 30.1. The van der Waals surface area contributed by atoms with E-state index in [0.29, 0.717) is 5.56 Å². The number of halogens is 1. The molecule has 0 bridgehead atoms. The summed E-state index contributed by atoms with van der Waals surface area (Å²) in [6.07, 6.45) is 3.15. The van der Waals surface area contributed by atoms with Crippen molar-refractivity contribution < 1.29 is 13.2 Å². The van der Waals surface area contributed by atoms with Gasteiger partial charge in [0.25, 0.3) is 0 Å². The van der Waals surface area contributed by atoms with Crippen LogP contribution in [0.3, 0.4) is 0 Å². The van der Waals surface area contributed by atoms with Crippen LogP contribution < -0.4 is 11.5 Å². The first-order valence-electron chi connectivity index (χ1n) is 12.2. The summed E-state index contributed by atoms with van der Waals surface area (Å²) in [5.74, 6) is -1.09. The van der Waals surface area contributed by atoms with Crippen LogP contribution in [0.15, 0.2) is 71.6 Å². The molecule has 2 atom stereocenters. The molecule has 1 saturated heterocycles. The summed E-state index contributed by atoms with van der Waals surface area (Å²) in [6.45, 7) is 1.66. The van der Waals surface area contributed by atoms with E-state index in [9.17, 15) is 13.2 Å². The minimum absolute atomic E-state index is 0. The molecule has 0 aliphatic carbocycles. The van der Waals surface area contributed by atoms with Gasteiger partial charge in [0.1, 0.15) is 17.4 Å². The van der Waals surface area contributed by atoms with Crippen molar-refractivity contribution in [1.29, 1.82) is 5.41 Å². The van der Waals surface area contributed by atoms with Crippen molar-refractivity contribution in [2.24, 2.45) is 11.5 Å². The number of carbonyl (C=O) groups excluding carboxylic acids is 1. The molecule has 2 heterocycles. The molecular weight excluding hydrogens is 510 g/mol. The zero-order valence-electron chi connectivity index (χ0n) is 20.5. The Kier molecular flexibility index (Phi) is 7.62. The number of hydrogen-bond donors (Lipinski definition) is 3. The normalized spacial score (nSPS) is 22.6. The first-order valence-corrected chi connectivity index (χ1v) is 13.7. The third-order valence-electron chi connectivity index (χ3n) is 7.45. The van der Waals surface area contributed by atoms with E-state index in [0.717, 1.165) is 53.0 Å². The number of amidine groups is 1. The number of primary amides is 1. The van der Waals surface area contributed by atoms with Gasteiger partial charge >= 0.3 is 0 Å². The molecule has 0 aromatic heterocycles. The van der Waals surface area contributed by atoms with Crippen LogP contribution in [0.2, 0.25) is 0 Å². The lowest BCUT2D eigenvalue weighted by molar-refractivity contribution is -0.130. The van der Waals surface area contributed by atoms with Gasteiger partial charge in [-0.2, -0.15) is 4.31 Å². The minimum Gasteiger partial charge on any atom is -0.386 e. The van der Waals surface area contributed by atoms with E-state index in [4.69, 9.17) is 16.9 Å². The molecule has 0 radical (unpaired) electrons. The van der Waals surface area contributed by atoms with E-state index < -0.39 is 27.5 Å². The van der Waals surface area contributed by atoms with E-state index >= 15 is 0 Å². The predicted octanol–water partition coefficient (Wildman–Crippen LogP) is 3.20. The molecule has 3 aromatic rings. The molecule has 1 fully saturated rings. The summed E-state index contributed by atoms with van der Waals surface area (Å²) in [5.41, 5.74) is 12.0. The molecule has 37 heavy (non-hydrogen) atoms. The summed E-state index contributed by atoms with van der Waals surface area (Å²) in [6, 6.07) is 18.5. The highest BCUT2D eigenvalue weighted by atomic mass is 35.5. The number of nitrogens with zero attached hydrogens (tertiary/aromatic N) is 2. The number of hydrogen-bond acceptors (Lipinski definition) is 5. The van der Waals surface area contributed by atoms with Crippen molar-refractivity contribution in [3.63, 3.8) is 0 Å². The first-order chi connectivity index (χ1) is 17.2. The van der Waals surface area contributed by atoms with Crippen LogP contribution in [-0.2, 0) is 21.2 Å². The Morgan fingerprint density at radius 1 is 0.946 bits per heavy atom. The van der Waals surface area contributed by atoms with Gasteiger partial charge in [-0.15, -0.1) is 12.4 Å². The van der Waals surface area contributed by atoms with Gasteiger partial charge in [0.15, 0.2) is 0 Å². The average molecular weight is 542 g/mol. The zero-order valence-corrected chi connectivity index (χ0v) is 22.1. The van der Waals surface area contributed by atoms with Gasteiger partial charge in [0.2, 0.25) is 15.9 Å². The number of rotatable bonds is 6. The van der Waals surface area contributed by atoms with Crippen molar-refractivity contribution in [3.8, 4) is 0 Å². The number of likely N-dealkylation sites (tertiary alicyclic amines) is 1. The van der Waals surface area contributed by atoms with Gasteiger partial charge in [-0.25, -0.2) is 8.42 Å². The lowest BCUT2D eigenvalue weighted by Gasteiger charge is -2.50. The van der Waals surface area contributed by atoms with E-state index in [1.54, 1.807) is 30.3 Å². The van der Waals surface area contributed by atoms with Gasteiger partial charge in [-0.1, -0.05) is 61.0 Å². The van der Waals surface area contributed by atoms with Crippen LogP contribution in [0, 0.1) is 5.41 Å². The van der Waals surface area contributed by atoms with Gasteiger partial charge in [0, 0.05) is 13.0 Å². The molecule has 10 heteroatoms. The average Bonchev–Trinajstić information content (AvgIpc) is 2.87. The van der Waals surface area contributed by atoms with E-state index in [1.165, 1.54) is 0 Å². The number of fused-ring (bicyclic) bond motifs is 2. The molecule has 8 nitrogen and oxygen atoms in total. The molecule has 5 N–H and O–H groups in total. The molecule has 1 amide bonds. The fourth-order valence-electron chi connectivity index (χ4n) is 5.72. The Hall–Kier alpha value is -2.98. The quantitative estimate of drug-likeness (QED) is 0.325.